The first-order valence-corrected chi connectivity index (χ1v) is 7.59. The number of aryl methyl sites for hydroxylation is 2. The smallest absolute Gasteiger partial charge is 0.252 e. The van der Waals surface area contributed by atoms with Crippen LogP contribution in [0.1, 0.15) is 34.3 Å². The van der Waals surface area contributed by atoms with Crippen LogP contribution in [-0.2, 0) is 4.74 Å². The summed E-state index contributed by atoms with van der Waals surface area (Å²) < 4.78 is 5.32. The minimum atomic E-state index is -0.278. The number of rotatable bonds is 4. The Bertz CT molecular complexity index is 524. The number of aliphatic hydroxyl groups excluding tert-OH is 1. The highest BCUT2D eigenvalue weighted by molar-refractivity contribution is 6.34. The molecule has 0 unspecified atom stereocenters. The largest absolute Gasteiger partial charge is 0.396 e. The van der Waals surface area contributed by atoms with Crippen molar-refractivity contribution in [1.82, 2.24) is 5.32 Å². The standard InChI is InChI=1S/C16H22ClNO3/c1-11-7-13(14(17)8-12(11)2)15(20)18-9-16(10-19)3-5-21-6-4-16/h7-8,19H,3-6,9-10H2,1-2H3,(H,18,20). The van der Waals surface area contributed by atoms with Crippen molar-refractivity contribution in [2.24, 2.45) is 5.41 Å². The molecular weight excluding hydrogens is 290 g/mol. The average molecular weight is 312 g/mol. The Labute approximate surface area is 130 Å². The molecule has 0 bridgehead atoms. The molecule has 1 aromatic rings. The maximum Gasteiger partial charge on any atom is 0.252 e. The van der Waals surface area contributed by atoms with Crippen LogP contribution in [0, 0.1) is 19.3 Å². The van der Waals surface area contributed by atoms with Gasteiger partial charge in [-0.25, -0.2) is 0 Å². The Morgan fingerprint density at radius 1 is 1.33 bits per heavy atom. The fourth-order valence-electron chi connectivity index (χ4n) is 2.51. The third-order valence-corrected chi connectivity index (χ3v) is 4.65. The van der Waals surface area contributed by atoms with E-state index in [1.54, 1.807) is 0 Å². The van der Waals surface area contributed by atoms with Crippen LogP contribution in [0.3, 0.4) is 0 Å². The van der Waals surface area contributed by atoms with E-state index in [2.05, 4.69) is 5.32 Å². The van der Waals surface area contributed by atoms with Crippen LogP contribution in [0.2, 0.25) is 5.02 Å². The van der Waals surface area contributed by atoms with E-state index in [-0.39, 0.29) is 17.9 Å². The summed E-state index contributed by atoms with van der Waals surface area (Å²) in [6.45, 7) is 5.66. The number of hydrogen-bond acceptors (Lipinski definition) is 3. The molecule has 0 atom stereocenters. The number of carbonyl (C=O) groups excluding carboxylic acids is 1. The molecule has 0 radical (unpaired) electrons. The molecule has 4 nitrogen and oxygen atoms in total. The zero-order chi connectivity index (χ0) is 15.5. The molecule has 5 heteroatoms. The molecule has 0 spiro atoms. The van der Waals surface area contributed by atoms with E-state index in [9.17, 15) is 9.90 Å². The van der Waals surface area contributed by atoms with Gasteiger partial charge in [0.1, 0.15) is 0 Å². The maximum atomic E-state index is 12.3. The zero-order valence-electron chi connectivity index (χ0n) is 12.5. The number of amides is 1. The first kappa shape index (κ1) is 16.3. The van der Waals surface area contributed by atoms with Gasteiger partial charge in [-0.1, -0.05) is 11.6 Å². The lowest BCUT2D eigenvalue weighted by Crippen LogP contribution is -2.43. The highest BCUT2D eigenvalue weighted by Crippen LogP contribution is 2.29. The molecule has 21 heavy (non-hydrogen) atoms. The summed E-state index contributed by atoms with van der Waals surface area (Å²) in [7, 11) is 0. The lowest BCUT2D eigenvalue weighted by Gasteiger charge is -2.35. The van der Waals surface area contributed by atoms with Crippen LogP contribution in [0.15, 0.2) is 12.1 Å². The normalized spacial score (nSPS) is 17.5. The van der Waals surface area contributed by atoms with E-state index in [0.717, 1.165) is 24.0 Å². The maximum absolute atomic E-state index is 12.3. The predicted octanol–water partition coefficient (Wildman–Crippen LogP) is 2.48. The monoisotopic (exact) mass is 311 g/mol. The molecule has 1 amide bonds. The van der Waals surface area contributed by atoms with Gasteiger partial charge in [0.15, 0.2) is 0 Å². The summed E-state index contributed by atoms with van der Waals surface area (Å²) in [4.78, 5) is 12.3. The predicted molar refractivity (Wildman–Crippen MR) is 82.8 cm³/mol. The van der Waals surface area contributed by atoms with Crippen LogP contribution in [0.5, 0.6) is 0 Å². The van der Waals surface area contributed by atoms with Gasteiger partial charge in [-0.15, -0.1) is 0 Å². The molecule has 0 saturated carbocycles. The molecule has 2 rings (SSSR count). The third kappa shape index (κ3) is 3.76. The van der Waals surface area contributed by atoms with Gasteiger partial charge in [0.2, 0.25) is 0 Å². The molecule has 2 N–H and O–H groups in total. The fraction of sp³-hybridized carbons (Fsp3) is 0.562. The lowest BCUT2D eigenvalue weighted by atomic mass is 9.81. The molecular formula is C16H22ClNO3. The molecule has 0 aliphatic carbocycles. The SMILES string of the molecule is Cc1cc(Cl)c(C(=O)NCC2(CO)CCOCC2)cc1C. The van der Waals surface area contributed by atoms with E-state index in [1.807, 2.05) is 26.0 Å². The molecule has 1 aliphatic rings. The molecule has 1 aromatic carbocycles. The first-order chi connectivity index (χ1) is 9.97. The zero-order valence-corrected chi connectivity index (χ0v) is 13.3. The Balaban J connectivity index is 2.06. The first-order valence-electron chi connectivity index (χ1n) is 7.21. The molecule has 1 aliphatic heterocycles. The van der Waals surface area contributed by atoms with Crippen molar-refractivity contribution in [1.29, 1.82) is 0 Å². The second-order valence-electron chi connectivity index (χ2n) is 5.87. The number of benzene rings is 1. The molecule has 1 saturated heterocycles. The summed E-state index contributed by atoms with van der Waals surface area (Å²) in [6, 6.07) is 3.62. The average Bonchev–Trinajstić information content (AvgIpc) is 2.49. The minimum Gasteiger partial charge on any atom is -0.396 e. The molecule has 1 fully saturated rings. The van der Waals surface area contributed by atoms with Gasteiger partial charge in [0, 0.05) is 25.2 Å². The van der Waals surface area contributed by atoms with Crippen LogP contribution in [-0.4, -0.2) is 37.4 Å². The van der Waals surface area contributed by atoms with Crippen molar-refractivity contribution in [3.8, 4) is 0 Å². The van der Waals surface area contributed by atoms with Crippen molar-refractivity contribution >= 4 is 17.5 Å². The van der Waals surface area contributed by atoms with E-state index in [1.165, 1.54) is 0 Å². The van der Waals surface area contributed by atoms with Crippen molar-refractivity contribution in [2.75, 3.05) is 26.4 Å². The summed E-state index contributed by atoms with van der Waals surface area (Å²) in [5.41, 5.74) is 2.31. The van der Waals surface area contributed by atoms with Crippen LogP contribution >= 0.6 is 11.6 Å². The summed E-state index contributed by atoms with van der Waals surface area (Å²) in [5, 5.41) is 13.0. The summed E-state index contributed by atoms with van der Waals surface area (Å²) >= 11 is 6.16. The van der Waals surface area contributed by atoms with Crippen molar-refractivity contribution < 1.29 is 14.6 Å². The summed E-state index contributed by atoms with van der Waals surface area (Å²) in [6.07, 6.45) is 1.51. The van der Waals surface area contributed by atoms with Crippen LogP contribution in [0.4, 0.5) is 0 Å². The Morgan fingerprint density at radius 3 is 2.57 bits per heavy atom. The minimum absolute atomic E-state index is 0.0529. The van der Waals surface area contributed by atoms with Gasteiger partial charge in [-0.3, -0.25) is 4.79 Å². The number of aliphatic hydroxyl groups is 1. The second-order valence-corrected chi connectivity index (χ2v) is 6.28. The van der Waals surface area contributed by atoms with E-state index < -0.39 is 0 Å². The Kier molecular flexibility index (Phi) is 5.25. The molecule has 0 aromatic heterocycles. The second kappa shape index (κ2) is 6.77. The number of hydrogen-bond donors (Lipinski definition) is 2. The van der Waals surface area contributed by atoms with Gasteiger partial charge >= 0.3 is 0 Å². The third-order valence-electron chi connectivity index (χ3n) is 4.34. The topological polar surface area (TPSA) is 58.6 Å². The highest BCUT2D eigenvalue weighted by atomic mass is 35.5. The lowest BCUT2D eigenvalue weighted by molar-refractivity contribution is -0.0146. The van der Waals surface area contributed by atoms with Gasteiger partial charge in [0.25, 0.3) is 5.91 Å². The molecule has 1 heterocycles. The van der Waals surface area contributed by atoms with Crippen molar-refractivity contribution in [3.63, 3.8) is 0 Å². The molecule has 116 valence electrons. The van der Waals surface area contributed by atoms with Crippen LogP contribution < -0.4 is 5.32 Å². The number of nitrogens with one attached hydrogen (secondary N) is 1. The Morgan fingerprint density at radius 2 is 1.95 bits per heavy atom. The number of halogens is 1. The van der Waals surface area contributed by atoms with Gasteiger partial charge in [-0.05, 0) is 49.9 Å². The van der Waals surface area contributed by atoms with Crippen molar-refractivity contribution in [2.45, 2.75) is 26.7 Å². The quantitative estimate of drug-likeness (QED) is 0.898. The van der Waals surface area contributed by atoms with E-state index >= 15 is 0 Å². The van der Waals surface area contributed by atoms with Gasteiger partial charge in [0.05, 0.1) is 17.2 Å². The summed E-state index contributed by atoms with van der Waals surface area (Å²) in [5.74, 6) is -0.192. The number of ether oxygens (including phenoxy) is 1. The Hall–Kier alpha value is -1.10. The van der Waals surface area contributed by atoms with E-state index in [4.69, 9.17) is 16.3 Å². The van der Waals surface area contributed by atoms with Crippen molar-refractivity contribution in [3.05, 3.63) is 33.8 Å². The fourth-order valence-corrected chi connectivity index (χ4v) is 2.82. The highest BCUT2D eigenvalue weighted by Gasteiger charge is 2.32. The van der Waals surface area contributed by atoms with Gasteiger partial charge in [-0.2, -0.15) is 0 Å². The van der Waals surface area contributed by atoms with Gasteiger partial charge < -0.3 is 15.2 Å². The van der Waals surface area contributed by atoms with E-state index in [0.29, 0.717) is 30.3 Å². The van der Waals surface area contributed by atoms with Crippen LogP contribution in [0.25, 0.3) is 0 Å². The number of carbonyl (C=O) groups is 1.